The molecule has 13 heavy (non-hydrogen) atoms. The molecule has 0 amide bonds. The molecule has 0 unspecified atom stereocenters. The first-order chi connectivity index (χ1) is 6.12. The molecule has 0 bridgehead atoms. The number of hydrogen-bond acceptors (Lipinski definition) is 2. The van der Waals surface area contributed by atoms with E-state index in [9.17, 15) is 8.78 Å². The molecule has 1 N–H and O–H groups in total. The van der Waals surface area contributed by atoms with Gasteiger partial charge in [0.1, 0.15) is 5.72 Å². The average Bonchev–Trinajstić information content (AvgIpc) is 2.13. The van der Waals surface area contributed by atoms with Crippen LogP contribution in [0.1, 0.15) is 32.1 Å². The molecular weight excluding hydrogens is 176 g/mol. The third-order valence-electron chi connectivity index (χ3n) is 2.94. The zero-order valence-electron chi connectivity index (χ0n) is 7.61. The second kappa shape index (κ2) is 3.17. The molecule has 0 aromatic heterocycles. The maximum Gasteiger partial charge on any atom is 0.248 e. The summed E-state index contributed by atoms with van der Waals surface area (Å²) >= 11 is 0. The SMILES string of the molecule is FC1(F)CCC2(CC1)NCCCO2. The van der Waals surface area contributed by atoms with E-state index in [0.717, 1.165) is 13.0 Å². The third kappa shape index (κ3) is 1.99. The van der Waals surface area contributed by atoms with Gasteiger partial charge in [-0.05, 0) is 25.8 Å². The Hall–Kier alpha value is -0.220. The predicted octanol–water partition coefficient (Wildman–Crippen LogP) is 1.90. The zero-order chi connectivity index (χ0) is 9.36. The lowest BCUT2D eigenvalue weighted by molar-refractivity contribution is -0.161. The summed E-state index contributed by atoms with van der Waals surface area (Å²) in [5, 5.41) is 3.22. The van der Waals surface area contributed by atoms with Crippen LogP contribution in [0.3, 0.4) is 0 Å². The molecule has 0 atom stereocenters. The van der Waals surface area contributed by atoms with E-state index in [1.807, 2.05) is 0 Å². The van der Waals surface area contributed by atoms with Crippen molar-refractivity contribution in [3.63, 3.8) is 0 Å². The molecule has 1 spiro atoms. The minimum Gasteiger partial charge on any atom is -0.361 e. The van der Waals surface area contributed by atoms with E-state index in [2.05, 4.69) is 5.32 Å². The van der Waals surface area contributed by atoms with Crippen molar-refractivity contribution in [1.29, 1.82) is 0 Å². The van der Waals surface area contributed by atoms with Gasteiger partial charge in [0.15, 0.2) is 0 Å². The van der Waals surface area contributed by atoms with Crippen LogP contribution >= 0.6 is 0 Å². The fourth-order valence-corrected chi connectivity index (χ4v) is 2.05. The number of ether oxygens (including phenoxy) is 1. The van der Waals surface area contributed by atoms with Crippen molar-refractivity contribution in [1.82, 2.24) is 5.32 Å². The van der Waals surface area contributed by atoms with Crippen LogP contribution in [-0.2, 0) is 4.74 Å². The molecule has 1 aliphatic carbocycles. The van der Waals surface area contributed by atoms with Gasteiger partial charge < -0.3 is 4.74 Å². The molecule has 2 rings (SSSR count). The van der Waals surface area contributed by atoms with Crippen molar-refractivity contribution in [2.75, 3.05) is 13.2 Å². The number of hydrogen-bond donors (Lipinski definition) is 1. The predicted molar refractivity (Wildman–Crippen MR) is 44.7 cm³/mol. The number of rotatable bonds is 0. The van der Waals surface area contributed by atoms with Crippen LogP contribution in [0.25, 0.3) is 0 Å². The third-order valence-corrected chi connectivity index (χ3v) is 2.94. The molecule has 1 saturated heterocycles. The van der Waals surface area contributed by atoms with Crippen molar-refractivity contribution in [2.24, 2.45) is 0 Å². The van der Waals surface area contributed by atoms with E-state index >= 15 is 0 Å². The van der Waals surface area contributed by atoms with E-state index < -0.39 is 11.6 Å². The smallest absolute Gasteiger partial charge is 0.248 e. The molecule has 0 radical (unpaired) electrons. The average molecular weight is 191 g/mol. The number of nitrogens with one attached hydrogen (secondary N) is 1. The Balaban J connectivity index is 1.95. The fourth-order valence-electron chi connectivity index (χ4n) is 2.05. The number of alkyl halides is 2. The molecule has 0 aromatic rings. The van der Waals surface area contributed by atoms with Crippen molar-refractivity contribution < 1.29 is 13.5 Å². The summed E-state index contributed by atoms with van der Waals surface area (Å²) in [7, 11) is 0. The van der Waals surface area contributed by atoms with Crippen LogP contribution in [-0.4, -0.2) is 24.8 Å². The number of halogens is 2. The molecule has 2 fully saturated rings. The Kier molecular flexibility index (Phi) is 2.28. The van der Waals surface area contributed by atoms with E-state index in [1.54, 1.807) is 0 Å². The van der Waals surface area contributed by atoms with Crippen LogP contribution < -0.4 is 5.32 Å². The second-order valence-electron chi connectivity index (χ2n) is 3.98. The summed E-state index contributed by atoms with van der Waals surface area (Å²) in [6.45, 7) is 1.60. The summed E-state index contributed by atoms with van der Waals surface area (Å²) < 4.78 is 31.3. The van der Waals surface area contributed by atoms with Crippen molar-refractivity contribution >= 4 is 0 Å². The summed E-state index contributed by atoms with van der Waals surface area (Å²) in [6, 6.07) is 0. The second-order valence-corrected chi connectivity index (χ2v) is 3.98. The normalized spacial score (nSPS) is 31.8. The van der Waals surface area contributed by atoms with Gasteiger partial charge in [-0.3, -0.25) is 5.32 Å². The largest absolute Gasteiger partial charge is 0.361 e. The highest BCUT2D eigenvalue weighted by atomic mass is 19.3. The van der Waals surface area contributed by atoms with Gasteiger partial charge in [0.05, 0.1) is 6.61 Å². The van der Waals surface area contributed by atoms with E-state index in [-0.39, 0.29) is 12.8 Å². The molecule has 1 aliphatic heterocycles. The van der Waals surface area contributed by atoms with Crippen LogP contribution in [0.4, 0.5) is 8.78 Å². The summed E-state index contributed by atoms with van der Waals surface area (Å²) in [4.78, 5) is 0. The van der Waals surface area contributed by atoms with Gasteiger partial charge in [-0.25, -0.2) is 8.78 Å². The Bertz CT molecular complexity index is 178. The fraction of sp³-hybridized carbons (Fsp3) is 1.00. The van der Waals surface area contributed by atoms with Crippen molar-refractivity contribution in [2.45, 2.75) is 43.8 Å². The molecule has 2 aliphatic rings. The highest BCUT2D eigenvalue weighted by Gasteiger charge is 2.44. The zero-order valence-corrected chi connectivity index (χ0v) is 7.61. The molecule has 4 heteroatoms. The molecule has 2 nitrogen and oxygen atoms in total. The topological polar surface area (TPSA) is 21.3 Å². The van der Waals surface area contributed by atoms with Crippen LogP contribution in [0.2, 0.25) is 0 Å². The monoisotopic (exact) mass is 191 g/mol. The van der Waals surface area contributed by atoms with Gasteiger partial charge >= 0.3 is 0 Å². The highest BCUT2D eigenvalue weighted by Crippen LogP contribution is 2.39. The maximum atomic E-state index is 12.9. The van der Waals surface area contributed by atoms with Gasteiger partial charge in [0, 0.05) is 12.8 Å². The molecule has 1 heterocycles. The van der Waals surface area contributed by atoms with Crippen molar-refractivity contribution in [3.05, 3.63) is 0 Å². The lowest BCUT2D eigenvalue weighted by atomic mass is 9.88. The summed E-state index contributed by atoms with van der Waals surface area (Å²) in [6.07, 6.45) is 1.79. The van der Waals surface area contributed by atoms with E-state index in [1.165, 1.54) is 0 Å². The van der Waals surface area contributed by atoms with Gasteiger partial charge in [0.2, 0.25) is 5.92 Å². The quantitative estimate of drug-likeness (QED) is 0.631. The van der Waals surface area contributed by atoms with Crippen molar-refractivity contribution in [3.8, 4) is 0 Å². The molecule has 76 valence electrons. The van der Waals surface area contributed by atoms with Crippen LogP contribution in [0, 0.1) is 0 Å². The first kappa shape index (κ1) is 9.34. The van der Waals surface area contributed by atoms with Crippen LogP contribution in [0.15, 0.2) is 0 Å². The van der Waals surface area contributed by atoms with Gasteiger partial charge in [-0.2, -0.15) is 0 Å². The Morgan fingerprint density at radius 1 is 1.08 bits per heavy atom. The molecule has 1 saturated carbocycles. The van der Waals surface area contributed by atoms with Gasteiger partial charge in [-0.1, -0.05) is 0 Å². The maximum absolute atomic E-state index is 12.9. The van der Waals surface area contributed by atoms with Crippen LogP contribution in [0.5, 0.6) is 0 Å². The Morgan fingerprint density at radius 2 is 1.77 bits per heavy atom. The summed E-state index contributed by atoms with van der Waals surface area (Å²) in [5.41, 5.74) is -0.417. The summed E-state index contributed by atoms with van der Waals surface area (Å²) in [5.74, 6) is -2.46. The Labute approximate surface area is 76.6 Å². The van der Waals surface area contributed by atoms with Gasteiger partial charge in [-0.15, -0.1) is 0 Å². The molecule has 0 aromatic carbocycles. The van der Waals surface area contributed by atoms with E-state index in [0.29, 0.717) is 19.4 Å². The highest BCUT2D eigenvalue weighted by molar-refractivity contribution is 4.89. The first-order valence-corrected chi connectivity index (χ1v) is 4.89. The minimum atomic E-state index is -2.46. The first-order valence-electron chi connectivity index (χ1n) is 4.89. The minimum absolute atomic E-state index is 0.0417. The van der Waals surface area contributed by atoms with E-state index in [4.69, 9.17) is 4.74 Å². The lowest BCUT2D eigenvalue weighted by Gasteiger charge is -2.43. The lowest BCUT2D eigenvalue weighted by Crippen LogP contribution is -2.55. The Morgan fingerprint density at radius 3 is 2.31 bits per heavy atom. The molecular formula is C9H15F2NO. The van der Waals surface area contributed by atoms with Gasteiger partial charge in [0.25, 0.3) is 0 Å². The standard InChI is InChI=1S/C9H15F2NO/c10-8(11)2-4-9(5-3-8)12-6-1-7-13-9/h12H,1-7H2.